The predicted octanol–water partition coefficient (Wildman–Crippen LogP) is 3.32. The highest BCUT2D eigenvalue weighted by atomic mass is 79.9. The van der Waals surface area contributed by atoms with Crippen LogP contribution in [0.5, 0.6) is 0 Å². The van der Waals surface area contributed by atoms with Crippen LogP contribution in [0.3, 0.4) is 0 Å². The van der Waals surface area contributed by atoms with Crippen molar-refractivity contribution in [3.63, 3.8) is 0 Å². The van der Waals surface area contributed by atoms with Crippen molar-refractivity contribution in [2.24, 2.45) is 0 Å². The van der Waals surface area contributed by atoms with Crippen LogP contribution in [0.25, 0.3) is 0 Å². The number of nitrogens with zero attached hydrogens (tertiary/aromatic N) is 2. The van der Waals surface area contributed by atoms with Crippen LogP contribution in [0.1, 0.15) is 0 Å². The Balaban J connectivity index is 2.37. The van der Waals surface area contributed by atoms with E-state index in [1.54, 1.807) is 0 Å². The van der Waals surface area contributed by atoms with Crippen molar-refractivity contribution in [1.29, 1.82) is 0 Å². The zero-order valence-electron chi connectivity index (χ0n) is 10.2. The van der Waals surface area contributed by atoms with E-state index in [-0.39, 0.29) is 20.7 Å². The monoisotopic (exact) mass is 435 g/mol. The van der Waals surface area contributed by atoms with E-state index in [4.69, 9.17) is 0 Å². The average molecular weight is 437 g/mol. The quantitative estimate of drug-likeness (QED) is 0.584. The van der Waals surface area contributed by atoms with Crippen LogP contribution in [-0.4, -0.2) is 18.3 Å². The molecule has 7 nitrogen and oxygen atoms in total. The van der Waals surface area contributed by atoms with Gasteiger partial charge in [-0.15, -0.1) is 0 Å². The average Bonchev–Trinajstić information content (AvgIpc) is 2.40. The van der Waals surface area contributed by atoms with Gasteiger partial charge >= 0.3 is 0 Å². The van der Waals surface area contributed by atoms with Crippen molar-refractivity contribution < 1.29 is 13.3 Å². The Kier molecular flexibility index (Phi) is 4.59. The fraction of sp³-hybridized carbons (Fsp3) is 0. The minimum atomic E-state index is -3.87. The molecule has 0 bridgehead atoms. The molecular weight excluding hydrogens is 430 g/mol. The third kappa shape index (κ3) is 3.77. The van der Waals surface area contributed by atoms with Crippen LogP contribution < -0.4 is 4.72 Å². The number of nitro benzene ring substituents is 1. The molecule has 0 saturated heterocycles. The predicted molar refractivity (Wildman–Crippen MR) is 83.5 cm³/mol. The molecule has 0 unspecified atom stereocenters. The van der Waals surface area contributed by atoms with Crippen LogP contribution in [-0.2, 0) is 10.0 Å². The Morgan fingerprint density at radius 2 is 1.90 bits per heavy atom. The molecule has 0 amide bonds. The zero-order chi connectivity index (χ0) is 15.6. The zero-order valence-corrected chi connectivity index (χ0v) is 14.1. The van der Waals surface area contributed by atoms with Gasteiger partial charge in [0.15, 0.2) is 0 Å². The normalized spacial score (nSPS) is 11.1. The largest absolute Gasteiger partial charge is 0.285 e. The number of rotatable bonds is 4. The Bertz CT molecular complexity index is 811. The minimum absolute atomic E-state index is 0.0533. The fourth-order valence-electron chi connectivity index (χ4n) is 1.47. The molecule has 0 radical (unpaired) electrons. The van der Waals surface area contributed by atoms with E-state index < -0.39 is 14.9 Å². The van der Waals surface area contributed by atoms with Crippen molar-refractivity contribution in [3.8, 4) is 0 Å². The first-order valence-electron chi connectivity index (χ1n) is 5.37. The summed E-state index contributed by atoms with van der Waals surface area (Å²) in [6, 6.07) is 5.32. The second-order valence-electron chi connectivity index (χ2n) is 3.87. The number of nitrogens with one attached hydrogen (secondary N) is 1. The molecule has 0 saturated carbocycles. The third-order valence-corrected chi connectivity index (χ3v) is 4.84. The summed E-state index contributed by atoms with van der Waals surface area (Å²) in [6.45, 7) is 0. The summed E-state index contributed by atoms with van der Waals surface area (Å²) in [5.74, 6) is 0. The van der Waals surface area contributed by atoms with E-state index >= 15 is 0 Å². The van der Waals surface area contributed by atoms with Crippen molar-refractivity contribution >= 4 is 53.3 Å². The topological polar surface area (TPSA) is 102 Å². The van der Waals surface area contributed by atoms with E-state index in [1.807, 2.05) is 0 Å². The number of nitro groups is 1. The Labute approximate surface area is 136 Å². The van der Waals surface area contributed by atoms with Crippen molar-refractivity contribution in [1.82, 2.24) is 4.98 Å². The molecule has 1 aromatic heterocycles. The minimum Gasteiger partial charge on any atom is -0.279 e. The number of pyridine rings is 1. The third-order valence-electron chi connectivity index (χ3n) is 2.39. The lowest BCUT2D eigenvalue weighted by molar-refractivity contribution is -0.385. The molecule has 0 aliphatic carbocycles. The van der Waals surface area contributed by atoms with Gasteiger partial charge in [-0.05, 0) is 50.1 Å². The lowest BCUT2D eigenvalue weighted by Gasteiger charge is -2.08. The van der Waals surface area contributed by atoms with Gasteiger partial charge in [0, 0.05) is 22.9 Å². The Morgan fingerprint density at radius 3 is 2.52 bits per heavy atom. The molecule has 0 spiro atoms. The van der Waals surface area contributed by atoms with Crippen LogP contribution in [0.2, 0.25) is 0 Å². The molecule has 2 rings (SSSR count). The summed E-state index contributed by atoms with van der Waals surface area (Å²) >= 11 is 6.16. The first kappa shape index (κ1) is 15.9. The van der Waals surface area contributed by atoms with Gasteiger partial charge in [-0.1, -0.05) is 0 Å². The van der Waals surface area contributed by atoms with E-state index in [9.17, 15) is 18.5 Å². The number of aromatic nitrogens is 1. The molecule has 110 valence electrons. The van der Waals surface area contributed by atoms with Gasteiger partial charge < -0.3 is 0 Å². The summed E-state index contributed by atoms with van der Waals surface area (Å²) in [7, 11) is -3.87. The van der Waals surface area contributed by atoms with Crippen LogP contribution in [0.15, 0.2) is 50.5 Å². The highest BCUT2D eigenvalue weighted by Gasteiger charge is 2.18. The Morgan fingerprint density at radius 1 is 1.19 bits per heavy atom. The SMILES string of the molecule is O=[N+]([O-])c1cc(NS(=O)(=O)c2cncc(Br)c2)ccc1Br. The molecule has 0 aliphatic rings. The summed E-state index contributed by atoms with van der Waals surface area (Å²) in [4.78, 5) is 13.9. The van der Waals surface area contributed by atoms with Gasteiger partial charge in [0.2, 0.25) is 0 Å². The molecule has 21 heavy (non-hydrogen) atoms. The maximum atomic E-state index is 12.2. The molecule has 1 N–H and O–H groups in total. The molecule has 0 atom stereocenters. The second-order valence-corrected chi connectivity index (χ2v) is 7.32. The molecule has 2 aromatic rings. The first-order valence-corrected chi connectivity index (χ1v) is 8.44. The second kappa shape index (κ2) is 6.08. The lowest BCUT2D eigenvalue weighted by atomic mass is 10.3. The molecular formula is C11H7Br2N3O4S. The molecule has 0 aliphatic heterocycles. The van der Waals surface area contributed by atoms with E-state index in [0.29, 0.717) is 4.47 Å². The molecule has 1 heterocycles. The molecule has 0 fully saturated rings. The summed E-state index contributed by atoms with van der Waals surface area (Å²) in [5.41, 5.74) is -0.146. The van der Waals surface area contributed by atoms with Crippen molar-refractivity contribution in [2.75, 3.05) is 4.72 Å². The van der Waals surface area contributed by atoms with Crippen LogP contribution in [0, 0.1) is 10.1 Å². The standard InChI is InChI=1S/C11H7Br2N3O4S/c12-7-3-9(6-14-5-7)21(19,20)15-8-1-2-10(13)11(4-8)16(17)18/h1-6,15H. The number of sulfonamides is 1. The van der Waals surface area contributed by atoms with Gasteiger partial charge in [-0.3, -0.25) is 19.8 Å². The molecule has 10 heteroatoms. The van der Waals surface area contributed by atoms with E-state index in [1.165, 1.54) is 30.6 Å². The van der Waals surface area contributed by atoms with Gasteiger partial charge in [0.25, 0.3) is 15.7 Å². The summed E-state index contributed by atoms with van der Waals surface area (Å²) in [6.07, 6.45) is 2.63. The number of benzene rings is 1. The van der Waals surface area contributed by atoms with Gasteiger partial charge in [0.1, 0.15) is 4.90 Å². The highest BCUT2D eigenvalue weighted by Crippen LogP contribution is 2.29. The van der Waals surface area contributed by atoms with Gasteiger partial charge in [-0.2, -0.15) is 0 Å². The highest BCUT2D eigenvalue weighted by molar-refractivity contribution is 9.10. The van der Waals surface area contributed by atoms with Crippen LogP contribution in [0.4, 0.5) is 11.4 Å². The van der Waals surface area contributed by atoms with Crippen molar-refractivity contribution in [2.45, 2.75) is 4.90 Å². The summed E-state index contributed by atoms with van der Waals surface area (Å²) in [5, 5.41) is 10.8. The number of hydrogen-bond donors (Lipinski definition) is 1. The van der Waals surface area contributed by atoms with E-state index in [0.717, 1.165) is 6.07 Å². The van der Waals surface area contributed by atoms with Crippen LogP contribution >= 0.6 is 31.9 Å². The molecule has 1 aromatic carbocycles. The van der Waals surface area contributed by atoms with E-state index in [2.05, 4.69) is 41.6 Å². The lowest BCUT2D eigenvalue weighted by Crippen LogP contribution is -2.13. The number of anilines is 1. The Hall–Kier alpha value is -1.52. The number of hydrogen-bond acceptors (Lipinski definition) is 5. The smallest absolute Gasteiger partial charge is 0.279 e. The first-order chi connectivity index (χ1) is 9.79. The maximum Gasteiger partial charge on any atom is 0.285 e. The number of halogens is 2. The van der Waals surface area contributed by atoms with Crippen molar-refractivity contribution in [3.05, 3.63) is 55.7 Å². The maximum absolute atomic E-state index is 12.2. The van der Waals surface area contributed by atoms with Gasteiger partial charge in [0.05, 0.1) is 15.1 Å². The fourth-order valence-corrected chi connectivity index (χ4v) is 3.41. The van der Waals surface area contributed by atoms with Gasteiger partial charge in [-0.25, -0.2) is 8.42 Å². The summed E-state index contributed by atoms with van der Waals surface area (Å²) < 4.78 is 27.4.